The fourth-order valence-corrected chi connectivity index (χ4v) is 6.17. The number of hydrogen-bond acceptors (Lipinski definition) is 7. The van der Waals surface area contributed by atoms with Gasteiger partial charge in [0.25, 0.3) is 23.3 Å². The molecule has 1 fully saturated rings. The lowest BCUT2D eigenvalue weighted by Crippen LogP contribution is -2.29. The molecule has 2 N–H and O–H groups in total. The van der Waals surface area contributed by atoms with E-state index in [0.29, 0.717) is 56.5 Å². The maximum atomic E-state index is 14.0. The third-order valence-electron chi connectivity index (χ3n) is 8.39. The third-order valence-corrected chi connectivity index (χ3v) is 8.39. The Hall–Kier alpha value is -5.78. The van der Waals surface area contributed by atoms with Gasteiger partial charge in [-0.2, -0.15) is 9.84 Å². The average molecular weight is 648 g/mol. The standard InChI is InChI=1S/C34H31N7O5.C2H6/c1-18-16-25-28(29(35-18)32(43)36-23-7-5-6-22(17-23)31(42)37-26-14-15-39(3)38-26)30(21-8-9-21)41(33(25)44)24-12-10-20(11-13-24)27-19(2)46-40(4)34(27)45;1-2/h5-7,10-17,21,30H,8-9H2,1-4H3,(H,36,43)(H,37,38,42);1-2H3. The number of aromatic nitrogens is 4. The molecule has 2 aromatic carbocycles. The molecule has 0 radical (unpaired) electrons. The van der Waals surface area contributed by atoms with E-state index in [2.05, 4.69) is 20.7 Å². The number of fused-ring (bicyclic) bond motifs is 1. The number of pyridine rings is 1. The molecule has 1 aliphatic heterocycles. The van der Waals surface area contributed by atoms with Crippen LogP contribution in [0.2, 0.25) is 0 Å². The second-order valence-electron chi connectivity index (χ2n) is 11.8. The highest BCUT2D eigenvalue weighted by Gasteiger charge is 2.48. The molecule has 7 rings (SSSR count). The zero-order valence-corrected chi connectivity index (χ0v) is 27.7. The Morgan fingerprint density at radius 3 is 2.27 bits per heavy atom. The summed E-state index contributed by atoms with van der Waals surface area (Å²) in [7, 11) is 3.32. The summed E-state index contributed by atoms with van der Waals surface area (Å²) in [4.78, 5) is 59.7. The van der Waals surface area contributed by atoms with Crippen LogP contribution in [0.1, 0.15) is 81.0 Å². The van der Waals surface area contributed by atoms with Crippen LogP contribution in [0.4, 0.5) is 17.2 Å². The lowest BCUT2D eigenvalue weighted by atomic mass is 9.97. The highest BCUT2D eigenvalue weighted by atomic mass is 16.5. The van der Waals surface area contributed by atoms with Crippen molar-refractivity contribution in [2.45, 2.75) is 46.6 Å². The Morgan fingerprint density at radius 1 is 0.917 bits per heavy atom. The molecule has 12 nitrogen and oxygen atoms in total. The number of carbonyl (C=O) groups is 3. The molecule has 4 heterocycles. The molecule has 0 spiro atoms. The van der Waals surface area contributed by atoms with E-state index in [0.717, 1.165) is 12.8 Å². The molecule has 48 heavy (non-hydrogen) atoms. The van der Waals surface area contributed by atoms with Gasteiger partial charge in [-0.3, -0.25) is 23.9 Å². The zero-order valence-electron chi connectivity index (χ0n) is 27.7. The van der Waals surface area contributed by atoms with Gasteiger partial charge in [-0.05, 0) is 74.6 Å². The first-order valence-electron chi connectivity index (χ1n) is 15.9. The van der Waals surface area contributed by atoms with E-state index < -0.39 is 5.91 Å². The maximum absolute atomic E-state index is 14.0. The monoisotopic (exact) mass is 647 g/mol. The molecule has 2 aliphatic rings. The van der Waals surface area contributed by atoms with Gasteiger partial charge in [-0.1, -0.05) is 32.0 Å². The Kier molecular flexibility index (Phi) is 8.57. The molecule has 1 saturated carbocycles. The molecule has 12 heteroatoms. The van der Waals surface area contributed by atoms with Crippen molar-refractivity contribution < 1.29 is 18.9 Å². The molecule has 5 aromatic rings. The number of carbonyl (C=O) groups excluding carboxylic acids is 3. The molecule has 246 valence electrons. The van der Waals surface area contributed by atoms with E-state index in [9.17, 15) is 19.2 Å². The van der Waals surface area contributed by atoms with E-state index >= 15 is 0 Å². The molecule has 3 aromatic heterocycles. The predicted molar refractivity (Wildman–Crippen MR) is 182 cm³/mol. The number of rotatable bonds is 7. The fourth-order valence-electron chi connectivity index (χ4n) is 6.17. The normalized spacial score (nSPS) is 15.1. The van der Waals surface area contributed by atoms with Gasteiger partial charge in [0.05, 0.1) is 11.6 Å². The Morgan fingerprint density at radius 2 is 1.65 bits per heavy atom. The van der Waals surface area contributed by atoms with Gasteiger partial charge in [0.2, 0.25) is 0 Å². The molecule has 3 amide bonds. The van der Waals surface area contributed by atoms with Crippen LogP contribution in [0.25, 0.3) is 11.1 Å². The smallest absolute Gasteiger partial charge is 0.290 e. The van der Waals surface area contributed by atoms with Gasteiger partial charge in [-0.25, -0.2) is 4.98 Å². The molecule has 1 aliphatic carbocycles. The summed E-state index contributed by atoms with van der Waals surface area (Å²) in [5.41, 5.74) is 4.12. The fraction of sp³-hybridized carbons (Fsp3) is 0.278. The Balaban J connectivity index is 0.00000197. The van der Waals surface area contributed by atoms with Crippen LogP contribution >= 0.6 is 0 Å². The highest BCUT2D eigenvalue weighted by Crippen LogP contribution is 2.52. The van der Waals surface area contributed by atoms with Crippen LogP contribution in [0.3, 0.4) is 0 Å². The van der Waals surface area contributed by atoms with Crippen molar-refractivity contribution in [2.24, 2.45) is 20.0 Å². The number of anilines is 3. The van der Waals surface area contributed by atoms with Crippen molar-refractivity contribution in [3.63, 3.8) is 0 Å². The van der Waals surface area contributed by atoms with Crippen molar-refractivity contribution in [2.75, 3.05) is 15.5 Å². The lowest BCUT2D eigenvalue weighted by molar-refractivity contribution is 0.0986. The van der Waals surface area contributed by atoms with E-state index in [1.807, 2.05) is 38.1 Å². The highest BCUT2D eigenvalue weighted by molar-refractivity contribution is 6.15. The van der Waals surface area contributed by atoms with Gasteiger partial charge in [0, 0.05) is 60.1 Å². The zero-order chi connectivity index (χ0) is 34.3. The molecule has 1 unspecified atom stereocenters. The Labute approximate surface area is 277 Å². The number of aryl methyl sites for hydroxylation is 4. The van der Waals surface area contributed by atoms with Crippen LogP contribution in [0.5, 0.6) is 0 Å². The van der Waals surface area contributed by atoms with Crippen molar-refractivity contribution in [1.29, 1.82) is 0 Å². The second kappa shape index (κ2) is 12.8. The summed E-state index contributed by atoms with van der Waals surface area (Å²) < 4.78 is 8.23. The minimum atomic E-state index is -0.468. The first-order chi connectivity index (χ1) is 23.1. The van der Waals surface area contributed by atoms with Crippen LogP contribution in [-0.2, 0) is 14.1 Å². The maximum Gasteiger partial charge on any atom is 0.290 e. The number of amides is 3. The van der Waals surface area contributed by atoms with Crippen molar-refractivity contribution in [3.05, 3.63) is 111 Å². The molecular formula is C36H37N7O5. The van der Waals surface area contributed by atoms with Crippen molar-refractivity contribution in [3.8, 4) is 11.1 Å². The third kappa shape index (κ3) is 5.92. The van der Waals surface area contributed by atoms with Gasteiger partial charge >= 0.3 is 0 Å². The van der Waals surface area contributed by atoms with Crippen LogP contribution in [-0.4, -0.2) is 37.2 Å². The van der Waals surface area contributed by atoms with Crippen molar-refractivity contribution in [1.82, 2.24) is 19.5 Å². The first kappa shape index (κ1) is 32.2. The van der Waals surface area contributed by atoms with Gasteiger partial charge in [0.15, 0.2) is 5.82 Å². The molecule has 1 atom stereocenters. The average Bonchev–Trinajstić information content (AvgIpc) is 3.70. The van der Waals surface area contributed by atoms with Gasteiger partial charge < -0.3 is 20.1 Å². The SMILES string of the molecule is CC.Cc1cc2c(c(C(=O)Nc3cccc(C(=O)Nc4ccn(C)n4)c3)n1)C(C1CC1)N(c1ccc(-c3c(C)on(C)c3=O)cc1)C2=O. The first-order valence-corrected chi connectivity index (χ1v) is 15.9. The van der Waals surface area contributed by atoms with Crippen molar-refractivity contribution >= 4 is 34.9 Å². The minimum Gasteiger partial charge on any atom is -0.381 e. The summed E-state index contributed by atoms with van der Waals surface area (Å²) in [6.45, 7) is 7.49. The topological polar surface area (TPSA) is 144 Å². The van der Waals surface area contributed by atoms with E-state index in [1.54, 1.807) is 80.1 Å². The number of nitrogens with zero attached hydrogens (tertiary/aromatic N) is 5. The predicted octanol–water partition coefficient (Wildman–Crippen LogP) is 6.03. The Bertz CT molecular complexity index is 2100. The summed E-state index contributed by atoms with van der Waals surface area (Å²) in [5.74, 6) is 0.0539. The summed E-state index contributed by atoms with van der Waals surface area (Å²) in [5, 5.41) is 9.81. The largest absolute Gasteiger partial charge is 0.381 e. The van der Waals surface area contributed by atoms with E-state index in [1.165, 1.54) is 4.74 Å². The number of hydrogen-bond donors (Lipinski definition) is 2. The summed E-state index contributed by atoms with van der Waals surface area (Å²) in [6, 6.07) is 16.9. The molecule has 0 saturated heterocycles. The summed E-state index contributed by atoms with van der Waals surface area (Å²) >= 11 is 0. The summed E-state index contributed by atoms with van der Waals surface area (Å²) in [6.07, 6.45) is 3.55. The minimum absolute atomic E-state index is 0.169. The van der Waals surface area contributed by atoms with E-state index in [-0.39, 0.29) is 35.0 Å². The number of benzene rings is 2. The lowest BCUT2D eigenvalue weighted by Gasteiger charge is -2.26. The van der Waals surface area contributed by atoms with E-state index in [4.69, 9.17) is 4.52 Å². The van der Waals surface area contributed by atoms with Crippen LogP contribution in [0.15, 0.2) is 76.2 Å². The molecular weight excluding hydrogens is 610 g/mol. The second-order valence-corrected chi connectivity index (χ2v) is 11.8. The van der Waals surface area contributed by atoms with Gasteiger partial charge in [-0.15, -0.1) is 0 Å². The quantitative estimate of drug-likeness (QED) is 0.219. The van der Waals surface area contributed by atoms with Crippen LogP contribution in [0, 0.1) is 19.8 Å². The van der Waals surface area contributed by atoms with Crippen LogP contribution < -0.4 is 21.1 Å². The number of nitrogens with one attached hydrogen (secondary N) is 2. The molecule has 0 bridgehead atoms. The van der Waals surface area contributed by atoms with Gasteiger partial charge in [0.1, 0.15) is 11.5 Å².